The van der Waals surface area contributed by atoms with Crippen LogP contribution in [-0.4, -0.2) is 83.7 Å². The number of anilines is 5. The van der Waals surface area contributed by atoms with Crippen LogP contribution in [0.4, 0.5) is 33.2 Å². The number of piperidine rings is 1. The fourth-order valence-corrected chi connectivity index (χ4v) is 8.55. The summed E-state index contributed by atoms with van der Waals surface area (Å²) >= 11 is 0. The number of piperazine rings is 1. The standard InChI is InChI=1S/C39H44FN9O5S/c1-24-21-41-38(45-35(24)42-28-6-5-7-30(20-28)55(53,54)46-39(2,3)4)43-27-8-10-29(11-9-27)48-16-14-47(15-17-48)22-25-18-26-23-49(37(52)34(26)31(40)19-25)32-12-13-33(50)44-36(32)51/h5-11,18-21,32,46H,12-17,22-23H2,1-4H3,(H,44,50,51)(H2,41,42,43,45). The van der Waals surface area contributed by atoms with Crippen LogP contribution in [0.3, 0.4) is 0 Å². The lowest BCUT2D eigenvalue weighted by Gasteiger charge is -2.36. The Labute approximate surface area is 319 Å². The number of amides is 3. The number of aryl methyl sites for hydroxylation is 1. The van der Waals surface area contributed by atoms with E-state index < -0.39 is 39.2 Å². The van der Waals surface area contributed by atoms with Crippen LogP contribution in [0.2, 0.25) is 0 Å². The van der Waals surface area contributed by atoms with Crippen molar-refractivity contribution in [3.8, 4) is 0 Å². The average Bonchev–Trinajstić information content (AvgIpc) is 3.45. The molecule has 4 aromatic rings. The number of nitrogens with zero attached hydrogens (tertiary/aromatic N) is 5. The van der Waals surface area contributed by atoms with E-state index in [1.54, 1.807) is 51.2 Å². The summed E-state index contributed by atoms with van der Waals surface area (Å²) < 4.78 is 43.7. The van der Waals surface area contributed by atoms with Crippen LogP contribution in [0.5, 0.6) is 0 Å². The molecule has 0 aliphatic carbocycles. The molecule has 0 saturated carbocycles. The first-order chi connectivity index (χ1) is 26.1. The van der Waals surface area contributed by atoms with Crippen molar-refractivity contribution in [2.45, 2.75) is 70.1 Å². The Morgan fingerprint density at radius 2 is 1.69 bits per heavy atom. The SMILES string of the molecule is Cc1cnc(Nc2ccc(N3CCN(Cc4cc(F)c5c(c4)CN(C4CCC(=O)NC4=O)C5=O)CC3)cc2)nc1Nc1cccc(S(=O)(=O)NC(C)(C)C)c1. The molecule has 288 valence electrons. The van der Waals surface area contributed by atoms with Gasteiger partial charge in [-0.1, -0.05) is 12.1 Å². The van der Waals surface area contributed by atoms with Crippen molar-refractivity contribution in [2.24, 2.45) is 0 Å². The Balaban J connectivity index is 0.933. The maximum absolute atomic E-state index is 15.3. The highest BCUT2D eigenvalue weighted by molar-refractivity contribution is 7.89. The predicted molar refractivity (Wildman–Crippen MR) is 206 cm³/mol. The number of hydrogen-bond acceptors (Lipinski definition) is 11. The summed E-state index contributed by atoms with van der Waals surface area (Å²) in [6.07, 6.45) is 2.07. The van der Waals surface area contributed by atoms with Crippen molar-refractivity contribution in [1.82, 2.24) is 29.8 Å². The number of benzene rings is 3. The molecule has 3 aliphatic heterocycles. The van der Waals surface area contributed by atoms with Crippen molar-refractivity contribution in [3.63, 3.8) is 0 Å². The molecule has 1 aromatic heterocycles. The van der Waals surface area contributed by atoms with Crippen molar-refractivity contribution in [3.05, 3.63) is 94.9 Å². The average molecular weight is 770 g/mol. The van der Waals surface area contributed by atoms with Crippen molar-refractivity contribution in [2.75, 3.05) is 41.7 Å². The van der Waals surface area contributed by atoms with Crippen LogP contribution in [-0.2, 0) is 32.7 Å². The summed E-state index contributed by atoms with van der Waals surface area (Å²) in [6.45, 7) is 11.0. The van der Waals surface area contributed by atoms with Crippen molar-refractivity contribution in [1.29, 1.82) is 0 Å². The van der Waals surface area contributed by atoms with Gasteiger partial charge in [-0.3, -0.25) is 24.6 Å². The number of aromatic nitrogens is 2. The Hall–Kier alpha value is -5.45. The number of fused-ring (bicyclic) bond motifs is 1. The third kappa shape index (κ3) is 8.61. The molecular formula is C39H44FN9O5S. The molecule has 2 fully saturated rings. The second-order valence-corrected chi connectivity index (χ2v) is 16.9. The smallest absolute Gasteiger partial charge is 0.258 e. The zero-order valence-electron chi connectivity index (χ0n) is 31.1. The lowest BCUT2D eigenvalue weighted by molar-refractivity contribution is -0.136. The van der Waals surface area contributed by atoms with Gasteiger partial charge in [-0.2, -0.15) is 4.98 Å². The predicted octanol–water partition coefficient (Wildman–Crippen LogP) is 4.57. The molecule has 16 heteroatoms. The van der Waals surface area contributed by atoms with Gasteiger partial charge in [0.2, 0.25) is 27.8 Å². The van der Waals surface area contributed by atoms with E-state index in [1.807, 2.05) is 37.3 Å². The van der Waals surface area contributed by atoms with Gasteiger partial charge in [0, 0.05) is 80.1 Å². The van der Waals surface area contributed by atoms with E-state index >= 15 is 4.39 Å². The third-order valence-corrected chi connectivity index (χ3v) is 11.5. The van der Waals surface area contributed by atoms with Crippen LogP contribution < -0.4 is 25.6 Å². The van der Waals surface area contributed by atoms with Crippen molar-refractivity contribution < 1.29 is 27.2 Å². The molecule has 55 heavy (non-hydrogen) atoms. The normalized spacial score (nSPS) is 18.0. The zero-order chi connectivity index (χ0) is 39.1. The molecule has 1 atom stereocenters. The van der Waals surface area contributed by atoms with E-state index in [0.29, 0.717) is 29.6 Å². The van der Waals surface area contributed by atoms with E-state index in [-0.39, 0.29) is 35.8 Å². The number of imide groups is 1. The quantitative estimate of drug-likeness (QED) is 0.167. The van der Waals surface area contributed by atoms with Gasteiger partial charge in [-0.15, -0.1) is 0 Å². The molecule has 4 heterocycles. The highest BCUT2D eigenvalue weighted by Gasteiger charge is 2.40. The Morgan fingerprint density at radius 3 is 2.40 bits per heavy atom. The second-order valence-electron chi connectivity index (χ2n) is 15.2. The number of hydrogen-bond donors (Lipinski definition) is 4. The van der Waals surface area contributed by atoms with Crippen LogP contribution >= 0.6 is 0 Å². The van der Waals surface area contributed by atoms with Crippen LogP contribution in [0.1, 0.15) is 60.7 Å². The summed E-state index contributed by atoms with van der Waals surface area (Å²) in [6, 6.07) is 17.0. The lowest BCUT2D eigenvalue weighted by Crippen LogP contribution is -2.52. The summed E-state index contributed by atoms with van der Waals surface area (Å²) in [5.74, 6) is -1.07. The Morgan fingerprint density at radius 1 is 0.945 bits per heavy atom. The minimum Gasteiger partial charge on any atom is -0.369 e. The third-order valence-electron chi connectivity index (χ3n) is 9.72. The summed E-state index contributed by atoms with van der Waals surface area (Å²) in [5.41, 5.74) is 3.93. The van der Waals surface area contributed by atoms with Gasteiger partial charge in [0.15, 0.2) is 0 Å². The first-order valence-corrected chi connectivity index (χ1v) is 19.7. The molecular weight excluding hydrogens is 726 g/mol. The highest BCUT2D eigenvalue weighted by atomic mass is 32.2. The fourth-order valence-electron chi connectivity index (χ4n) is 7.09. The lowest BCUT2D eigenvalue weighted by atomic mass is 10.0. The first-order valence-electron chi connectivity index (χ1n) is 18.2. The van der Waals surface area contributed by atoms with E-state index in [1.165, 1.54) is 11.0 Å². The Bertz CT molecular complexity index is 2250. The number of carbonyl (C=O) groups excluding carboxylic acids is 3. The molecule has 0 radical (unpaired) electrons. The van der Waals surface area contributed by atoms with E-state index in [4.69, 9.17) is 0 Å². The van der Waals surface area contributed by atoms with E-state index in [2.05, 4.69) is 40.4 Å². The number of halogens is 1. The van der Waals surface area contributed by atoms with Crippen LogP contribution in [0.25, 0.3) is 0 Å². The van der Waals surface area contributed by atoms with Gasteiger partial charge in [0.05, 0.1) is 10.5 Å². The molecule has 1 unspecified atom stereocenters. The van der Waals surface area contributed by atoms with Crippen LogP contribution in [0, 0.1) is 12.7 Å². The minimum absolute atomic E-state index is 0.00695. The van der Waals surface area contributed by atoms with Gasteiger partial charge >= 0.3 is 0 Å². The molecule has 0 spiro atoms. The van der Waals surface area contributed by atoms with Gasteiger partial charge in [-0.25, -0.2) is 22.5 Å². The van der Waals surface area contributed by atoms with E-state index in [9.17, 15) is 22.8 Å². The molecule has 0 bridgehead atoms. The van der Waals surface area contributed by atoms with Gasteiger partial charge in [0.25, 0.3) is 5.91 Å². The zero-order valence-corrected chi connectivity index (χ0v) is 32.0. The summed E-state index contributed by atoms with van der Waals surface area (Å²) in [4.78, 5) is 52.2. The second kappa shape index (κ2) is 15.0. The largest absolute Gasteiger partial charge is 0.369 e. The van der Waals surface area contributed by atoms with Gasteiger partial charge in [-0.05, 0) is 93.8 Å². The number of nitrogens with one attached hydrogen (secondary N) is 4. The maximum Gasteiger partial charge on any atom is 0.258 e. The molecule has 3 aromatic carbocycles. The molecule has 2 saturated heterocycles. The number of rotatable bonds is 10. The molecule has 3 amide bonds. The van der Waals surface area contributed by atoms with Crippen LogP contribution in [0.15, 0.2) is 71.8 Å². The number of carbonyl (C=O) groups is 3. The van der Waals surface area contributed by atoms with E-state index in [0.717, 1.165) is 48.7 Å². The summed E-state index contributed by atoms with van der Waals surface area (Å²) in [5, 5.41) is 8.76. The van der Waals surface area contributed by atoms with Crippen molar-refractivity contribution >= 4 is 56.6 Å². The first kappa shape index (κ1) is 37.8. The molecule has 14 nitrogen and oxygen atoms in total. The maximum atomic E-state index is 15.3. The Kier molecular flexibility index (Phi) is 10.3. The topological polar surface area (TPSA) is 169 Å². The molecule has 7 rings (SSSR count). The number of sulfonamides is 1. The van der Waals surface area contributed by atoms with Gasteiger partial charge < -0.3 is 20.4 Å². The molecule has 4 N–H and O–H groups in total. The highest BCUT2D eigenvalue weighted by Crippen LogP contribution is 2.31. The fraction of sp³-hybridized carbons (Fsp3) is 0.359. The molecule has 3 aliphatic rings. The van der Waals surface area contributed by atoms with Gasteiger partial charge in [0.1, 0.15) is 17.7 Å². The summed E-state index contributed by atoms with van der Waals surface area (Å²) in [7, 11) is -3.71. The minimum atomic E-state index is -3.71. The monoisotopic (exact) mass is 769 g/mol.